The predicted molar refractivity (Wildman–Crippen MR) is 104 cm³/mol. The molecule has 0 saturated heterocycles. The fraction of sp³-hybridized carbons (Fsp3) is 0.0500. The number of carbonyl (C=O) groups excluding carboxylic acids is 1. The molecular weight excluding hydrogens is 382 g/mol. The molecule has 4 heteroatoms. The SMILES string of the molecule is C=C(c1cccs1)N(Cc1ccccc1)C(=O)c1ccccc1Br. The van der Waals surface area contributed by atoms with E-state index >= 15 is 0 Å². The summed E-state index contributed by atoms with van der Waals surface area (Å²) in [5, 5.41) is 1.99. The largest absolute Gasteiger partial charge is 0.303 e. The Kier molecular flexibility index (Phi) is 5.28. The second kappa shape index (κ2) is 7.60. The number of hydrogen-bond donors (Lipinski definition) is 0. The normalized spacial score (nSPS) is 10.4. The summed E-state index contributed by atoms with van der Waals surface area (Å²) in [6.45, 7) is 4.65. The highest BCUT2D eigenvalue weighted by Gasteiger charge is 2.22. The first kappa shape index (κ1) is 16.7. The maximum Gasteiger partial charge on any atom is 0.259 e. The second-order valence-corrected chi connectivity index (χ2v) is 7.08. The van der Waals surface area contributed by atoms with Crippen molar-refractivity contribution in [3.8, 4) is 0 Å². The zero-order valence-electron chi connectivity index (χ0n) is 13.0. The monoisotopic (exact) mass is 397 g/mol. The van der Waals surface area contributed by atoms with Crippen molar-refractivity contribution in [2.24, 2.45) is 0 Å². The van der Waals surface area contributed by atoms with Gasteiger partial charge in [-0.25, -0.2) is 0 Å². The number of amides is 1. The van der Waals surface area contributed by atoms with Crippen LogP contribution in [0.5, 0.6) is 0 Å². The van der Waals surface area contributed by atoms with Crippen LogP contribution in [0.15, 0.2) is 83.2 Å². The molecule has 2 aromatic carbocycles. The van der Waals surface area contributed by atoms with E-state index in [9.17, 15) is 4.79 Å². The van der Waals surface area contributed by atoms with E-state index in [0.29, 0.717) is 12.1 Å². The quantitative estimate of drug-likeness (QED) is 0.530. The van der Waals surface area contributed by atoms with Crippen molar-refractivity contribution < 1.29 is 4.79 Å². The molecule has 0 aliphatic heterocycles. The summed E-state index contributed by atoms with van der Waals surface area (Å²) < 4.78 is 0.784. The van der Waals surface area contributed by atoms with Gasteiger partial charge in [0.1, 0.15) is 0 Å². The highest BCUT2D eigenvalue weighted by molar-refractivity contribution is 9.10. The summed E-state index contributed by atoms with van der Waals surface area (Å²) in [4.78, 5) is 15.9. The summed E-state index contributed by atoms with van der Waals surface area (Å²) in [5.74, 6) is -0.0651. The van der Waals surface area contributed by atoms with Crippen LogP contribution in [0.1, 0.15) is 20.8 Å². The zero-order valence-corrected chi connectivity index (χ0v) is 15.4. The van der Waals surface area contributed by atoms with Crippen molar-refractivity contribution in [1.29, 1.82) is 0 Å². The Balaban J connectivity index is 1.97. The van der Waals surface area contributed by atoms with Crippen molar-refractivity contribution in [1.82, 2.24) is 4.90 Å². The first-order valence-electron chi connectivity index (χ1n) is 7.50. The molecule has 1 aromatic heterocycles. The van der Waals surface area contributed by atoms with Gasteiger partial charge in [-0.3, -0.25) is 4.79 Å². The molecule has 0 aliphatic carbocycles. The molecule has 0 fully saturated rings. The lowest BCUT2D eigenvalue weighted by Crippen LogP contribution is -2.28. The Bertz CT molecular complexity index is 843. The van der Waals surface area contributed by atoms with E-state index in [4.69, 9.17) is 0 Å². The number of hydrogen-bond acceptors (Lipinski definition) is 2. The molecule has 2 nitrogen and oxygen atoms in total. The third-order valence-electron chi connectivity index (χ3n) is 3.66. The van der Waals surface area contributed by atoms with Gasteiger partial charge in [-0.1, -0.05) is 55.1 Å². The van der Waals surface area contributed by atoms with Gasteiger partial charge in [-0.15, -0.1) is 11.3 Å². The zero-order chi connectivity index (χ0) is 16.9. The van der Waals surface area contributed by atoms with Gasteiger partial charge < -0.3 is 4.90 Å². The van der Waals surface area contributed by atoms with Crippen molar-refractivity contribution >= 4 is 38.9 Å². The lowest BCUT2D eigenvalue weighted by atomic mass is 10.1. The van der Waals surface area contributed by atoms with Crippen LogP contribution in [-0.2, 0) is 6.54 Å². The number of nitrogens with zero attached hydrogens (tertiary/aromatic N) is 1. The van der Waals surface area contributed by atoms with E-state index in [2.05, 4.69) is 22.5 Å². The van der Waals surface area contributed by atoms with E-state index in [-0.39, 0.29) is 5.91 Å². The summed E-state index contributed by atoms with van der Waals surface area (Å²) in [6.07, 6.45) is 0. The summed E-state index contributed by atoms with van der Waals surface area (Å²) in [5.41, 5.74) is 2.41. The molecule has 1 amide bonds. The van der Waals surface area contributed by atoms with Crippen LogP contribution in [-0.4, -0.2) is 10.8 Å². The fourth-order valence-electron chi connectivity index (χ4n) is 2.41. The Morgan fingerprint density at radius 1 is 1.00 bits per heavy atom. The average molecular weight is 398 g/mol. The van der Waals surface area contributed by atoms with E-state index in [1.807, 2.05) is 72.1 Å². The summed E-state index contributed by atoms with van der Waals surface area (Å²) in [6, 6.07) is 21.4. The van der Waals surface area contributed by atoms with Gasteiger partial charge in [-0.2, -0.15) is 0 Å². The van der Waals surface area contributed by atoms with Crippen LogP contribution in [0.25, 0.3) is 5.70 Å². The second-order valence-electron chi connectivity index (χ2n) is 5.28. The van der Waals surface area contributed by atoms with Gasteiger partial charge in [0.25, 0.3) is 5.91 Å². The number of carbonyl (C=O) groups is 1. The van der Waals surface area contributed by atoms with Gasteiger partial charge in [0.05, 0.1) is 22.7 Å². The molecule has 3 rings (SSSR count). The van der Waals surface area contributed by atoms with Gasteiger partial charge in [0.15, 0.2) is 0 Å². The highest BCUT2D eigenvalue weighted by Crippen LogP contribution is 2.27. The molecule has 0 aliphatic rings. The Morgan fingerprint density at radius 2 is 1.71 bits per heavy atom. The predicted octanol–water partition coefficient (Wildman–Crippen LogP) is 5.82. The van der Waals surface area contributed by atoms with E-state index < -0.39 is 0 Å². The molecule has 0 radical (unpaired) electrons. The van der Waals surface area contributed by atoms with Crippen LogP contribution in [0, 0.1) is 0 Å². The van der Waals surface area contributed by atoms with Gasteiger partial charge in [-0.05, 0) is 45.1 Å². The first-order chi connectivity index (χ1) is 11.7. The third-order valence-corrected chi connectivity index (χ3v) is 5.27. The minimum absolute atomic E-state index is 0.0651. The highest BCUT2D eigenvalue weighted by atomic mass is 79.9. The lowest BCUT2D eigenvalue weighted by molar-refractivity contribution is 0.0827. The molecule has 3 aromatic rings. The maximum absolute atomic E-state index is 13.1. The summed E-state index contributed by atoms with van der Waals surface area (Å²) in [7, 11) is 0. The van der Waals surface area contributed by atoms with Crippen molar-refractivity contribution in [2.45, 2.75) is 6.54 Å². The number of halogens is 1. The minimum Gasteiger partial charge on any atom is -0.303 e. The topological polar surface area (TPSA) is 20.3 Å². The van der Waals surface area contributed by atoms with Gasteiger partial charge in [0.2, 0.25) is 0 Å². The first-order valence-corrected chi connectivity index (χ1v) is 9.17. The molecule has 0 N–H and O–H groups in total. The third kappa shape index (κ3) is 3.66. The standard InChI is InChI=1S/C20H16BrNOS/c1-15(19-12-7-13-24-19)22(14-16-8-3-2-4-9-16)20(23)17-10-5-6-11-18(17)21/h2-13H,1,14H2. The number of benzene rings is 2. The van der Waals surface area contributed by atoms with Crippen LogP contribution >= 0.6 is 27.3 Å². The molecule has 120 valence electrons. The summed E-state index contributed by atoms with van der Waals surface area (Å²) >= 11 is 5.06. The van der Waals surface area contributed by atoms with Crippen LogP contribution < -0.4 is 0 Å². The molecular formula is C20H16BrNOS. The fourth-order valence-corrected chi connectivity index (χ4v) is 3.57. The molecule has 0 atom stereocenters. The van der Waals surface area contributed by atoms with E-state index in [1.165, 1.54) is 0 Å². The van der Waals surface area contributed by atoms with Gasteiger partial charge >= 0.3 is 0 Å². The Morgan fingerprint density at radius 3 is 2.38 bits per heavy atom. The van der Waals surface area contributed by atoms with Crippen LogP contribution in [0.2, 0.25) is 0 Å². The van der Waals surface area contributed by atoms with E-state index in [0.717, 1.165) is 20.6 Å². The van der Waals surface area contributed by atoms with Crippen LogP contribution in [0.3, 0.4) is 0 Å². The van der Waals surface area contributed by atoms with Gasteiger partial charge in [0, 0.05) is 4.47 Å². The molecule has 0 unspecified atom stereocenters. The Hall–Kier alpha value is -2.17. The number of rotatable bonds is 5. The molecule has 1 heterocycles. The van der Waals surface area contributed by atoms with E-state index in [1.54, 1.807) is 16.2 Å². The molecule has 0 saturated carbocycles. The van der Waals surface area contributed by atoms with Crippen molar-refractivity contribution in [3.63, 3.8) is 0 Å². The van der Waals surface area contributed by atoms with Crippen LogP contribution in [0.4, 0.5) is 0 Å². The number of thiophene rings is 1. The van der Waals surface area contributed by atoms with Crippen molar-refractivity contribution in [2.75, 3.05) is 0 Å². The smallest absolute Gasteiger partial charge is 0.259 e. The maximum atomic E-state index is 13.1. The average Bonchev–Trinajstić information content (AvgIpc) is 3.14. The molecule has 0 spiro atoms. The molecule has 24 heavy (non-hydrogen) atoms. The molecule has 0 bridgehead atoms. The minimum atomic E-state index is -0.0651. The van der Waals surface area contributed by atoms with Crippen molar-refractivity contribution in [3.05, 3.63) is 99.2 Å². The Labute approximate surface area is 154 Å². The lowest BCUT2D eigenvalue weighted by Gasteiger charge is -2.25.